The molecular formula is C30H44N6O6S. The third-order valence-corrected chi connectivity index (χ3v) is 8.78. The number of carbonyl (C=O) groups is 6. The Hall–Kier alpha value is -3.61. The number of carbonyl (C=O) groups excluding carboxylic acids is 6. The highest BCUT2D eigenvalue weighted by atomic mass is 32.1. The molecule has 43 heavy (non-hydrogen) atoms. The smallest absolute Gasteiger partial charge is 0.316 e. The van der Waals surface area contributed by atoms with E-state index in [-0.39, 0.29) is 41.5 Å². The average molecular weight is 617 g/mol. The van der Waals surface area contributed by atoms with Gasteiger partial charge in [-0.15, -0.1) is 17.9 Å². The Morgan fingerprint density at radius 2 is 1.79 bits per heavy atom. The summed E-state index contributed by atoms with van der Waals surface area (Å²) in [6.45, 7) is 14.8. The lowest BCUT2D eigenvalue weighted by molar-refractivity contribution is -0.143. The topological polar surface area (TPSA) is 181 Å². The largest absolute Gasteiger partial charge is 0.363 e. The molecule has 5 atom stereocenters. The van der Waals surface area contributed by atoms with Gasteiger partial charge in [0.05, 0.1) is 12.1 Å². The summed E-state index contributed by atoms with van der Waals surface area (Å²) >= 11 is 1.24. The Bertz CT molecular complexity index is 1270. The van der Waals surface area contributed by atoms with Gasteiger partial charge in [-0.2, -0.15) is 0 Å². The minimum atomic E-state index is -1.12. The molecule has 1 saturated carbocycles. The quantitative estimate of drug-likeness (QED) is 0.149. The Morgan fingerprint density at radius 3 is 2.28 bits per heavy atom. The maximum absolute atomic E-state index is 14.1. The van der Waals surface area contributed by atoms with E-state index in [0.717, 1.165) is 17.7 Å². The Balaban J connectivity index is 1.79. The molecule has 2 aliphatic rings. The molecule has 0 radical (unpaired) electrons. The average Bonchev–Trinajstić information content (AvgIpc) is 3.45. The van der Waals surface area contributed by atoms with E-state index in [1.807, 2.05) is 6.92 Å². The molecule has 0 aromatic carbocycles. The molecule has 236 valence electrons. The van der Waals surface area contributed by atoms with Crippen LogP contribution in [0.25, 0.3) is 0 Å². The number of hydrogen-bond donors (Lipinski definition) is 4. The lowest BCUT2D eigenvalue weighted by Crippen LogP contribution is -2.61. The van der Waals surface area contributed by atoms with Crippen molar-refractivity contribution in [3.8, 4) is 0 Å². The second kappa shape index (κ2) is 13.8. The molecule has 1 aliphatic carbocycles. The van der Waals surface area contributed by atoms with Crippen LogP contribution in [0.5, 0.6) is 0 Å². The first kappa shape index (κ1) is 33.9. The fourth-order valence-corrected chi connectivity index (χ4v) is 5.90. The molecule has 1 aliphatic heterocycles. The zero-order valence-electron chi connectivity index (χ0n) is 25.8. The van der Waals surface area contributed by atoms with Gasteiger partial charge >= 0.3 is 6.03 Å². The van der Waals surface area contributed by atoms with Crippen LogP contribution in [0, 0.1) is 30.1 Å². The Morgan fingerprint density at radius 1 is 1.14 bits per heavy atom. The van der Waals surface area contributed by atoms with Gasteiger partial charge in [0.1, 0.15) is 12.1 Å². The monoisotopic (exact) mass is 616 g/mol. The van der Waals surface area contributed by atoms with Crippen molar-refractivity contribution in [3.63, 3.8) is 0 Å². The molecule has 12 nitrogen and oxygen atoms in total. The van der Waals surface area contributed by atoms with E-state index < -0.39 is 59.1 Å². The van der Waals surface area contributed by atoms with Gasteiger partial charge in [0, 0.05) is 17.6 Å². The van der Waals surface area contributed by atoms with Crippen LogP contribution in [0.15, 0.2) is 18.9 Å². The minimum Gasteiger partial charge on any atom is -0.363 e. The van der Waals surface area contributed by atoms with Crippen molar-refractivity contribution >= 4 is 46.7 Å². The highest BCUT2D eigenvalue weighted by molar-refractivity contribution is 7.13. The number of nitrogens with zero attached hydrogens (tertiary/aromatic N) is 2. The normalized spacial score (nSPS) is 20.6. The summed E-state index contributed by atoms with van der Waals surface area (Å²) in [4.78, 5) is 84.4. The van der Waals surface area contributed by atoms with Crippen LogP contribution in [-0.4, -0.2) is 75.9 Å². The van der Waals surface area contributed by atoms with E-state index >= 15 is 0 Å². The highest BCUT2D eigenvalue weighted by Gasteiger charge is 2.45. The number of nitrogens with one attached hydrogen (secondary N) is 3. The number of aromatic nitrogens is 1. The molecule has 3 rings (SSSR count). The van der Waals surface area contributed by atoms with Gasteiger partial charge in [0.25, 0.3) is 5.91 Å². The number of hydrogen-bond acceptors (Lipinski definition) is 8. The van der Waals surface area contributed by atoms with Crippen LogP contribution in [0.2, 0.25) is 0 Å². The van der Waals surface area contributed by atoms with Gasteiger partial charge in [-0.1, -0.05) is 53.5 Å². The molecule has 0 bridgehead atoms. The number of ketones is 2. The Labute approximate surface area is 256 Å². The number of aryl methyl sites for hydroxylation is 1. The molecule has 1 aromatic heterocycles. The van der Waals surface area contributed by atoms with E-state index in [4.69, 9.17) is 5.73 Å². The summed E-state index contributed by atoms with van der Waals surface area (Å²) in [5.41, 5.74) is 4.46. The van der Waals surface area contributed by atoms with Crippen molar-refractivity contribution in [2.24, 2.45) is 28.9 Å². The van der Waals surface area contributed by atoms with Crippen LogP contribution in [0.1, 0.15) is 75.0 Å². The van der Waals surface area contributed by atoms with Gasteiger partial charge in [-0.3, -0.25) is 24.0 Å². The maximum Gasteiger partial charge on any atom is 0.316 e. The van der Waals surface area contributed by atoms with Crippen LogP contribution in [0.4, 0.5) is 4.79 Å². The van der Waals surface area contributed by atoms with Crippen molar-refractivity contribution in [1.29, 1.82) is 0 Å². The van der Waals surface area contributed by atoms with Crippen LogP contribution >= 0.6 is 11.3 Å². The molecule has 1 aromatic rings. The molecule has 5 N–H and O–H groups in total. The van der Waals surface area contributed by atoms with Crippen molar-refractivity contribution in [2.45, 2.75) is 91.4 Å². The third-order valence-electron chi connectivity index (χ3n) is 7.85. The van der Waals surface area contributed by atoms with Crippen LogP contribution < -0.4 is 21.7 Å². The second-order valence-electron chi connectivity index (χ2n) is 13.0. The van der Waals surface area contributed by atoms with Gasteiger partial charge in [0.2, 0.25) is 23.4 Å². The number of Topliss-reactive ketones (excluding diaryl/α,β-unsaturated/α-hetero) is 2. The fourth-order valence-electron chi connectivity index (χ4n) is 5.15. The van der Waals surface area contributed by atoms with E-state index in [0.29, 0.717) is 6.42 Å². The van der Waals surface area contributed by atoms with Crippen molar-refractivity contribution < 1.29 is 28.8 Å². The fraction of sp³-hybridized carbons (Fsp3) is 0.633. The predicted molar refractivity (Wildman–Crippen MR) is 162 cm³/mol. The van der Waals surface area contributed by atoms with Crippen molar-refractivity contribution in [1.82, 2.24) is 25.8 Å². The van der Waals surface area contributed by atoms with E-state index in [1.54, 1.807) is 46.9 Å². The predicted octanol–water partition coefficient (Wildman–Crippen LogP) is 2.12. The molecule has 2 fully saturated rings. The van der Waals surface area contributed by atoms with Crippen LogP contribution in [0.3, 0.4) is 0 Å². The van der Waals surface area contributed by atoms with E-state index in [1.165, 1.54) is 16.2 Å². The molecule has 1 unspecified atom stereocenters. The second-order valence-corrected chi connectivity index (χ2v) is 14.2. The summed E-state index contributed by atoms with van der Waals surface area (Å²) in [6.07, 6.45) is 5.64. The first-order valence-electron chi connectivity index (χ1n) is 14.6. The molecular weight excluding hydrogens is 572 g/mol. The molecule has 1 saturated heterocycles. The van der Waals surface area contributed by atoms with Gasteiger partial charge in [0.15, 0.2) is 5.01 Å². The third kappa shape index (κ3) is 8.71. The number of nitrogens with two attached hydrogens (primary N) is 1. The zero-order valence-corrected chi connectivity index (χ0v) is 26.6. The minimum absolute atomic E-state index is 0.184. The number of likely N-dealkylation sites (tertiary alicyclic amines) is 1. The molecule has 13 heteroatoms. The molecule has 2 heterocycles. The number of urea groups is 1. The lowest BCUT2D eigenvalue weighted by atomic mass is 9.85. The zero-order chi connectivity index (χ0) is 32.2. The molecule has 0 spiro atoms. The van der Waals surface area contributed by atoms with Crippen molar-refractivity contribution in [2.75, 3.05) is 6.54 Å². The summed E-state index contributed by atoms with van der Waals surface area (Å²) in [6, 6.07) is -4.66. The van der Waals surface area contributed by atoms with Gasteiger partial charge in [-0.25, -0.2) is 9.78 Å². The van der Waals surface area contributed by atoms with Gasteiger partial charge < -0.3 is 26.6 Å². The summed E-state index contributed by atoms with van der Waals surface area (Å²) in [5.74, 6) is -3.60. The van der Waals surface area contributed by atoms with E-state index in [9.17, 15) is 28.8 Å². The maximum atomic E-state index is 14.1. The molecule has 5 amide bonds. The summed E-state index contributed by atoms with van der Waals surface area (Å²) in [5, 5.41) is 8.42. The van der Waals surface area contributed by atoms with Crippen LogP contribution in [-0.2, 0) is 19.2 Å². The lowest BCUT2D eigenvalue weighted by Gasteiger charge is -2.36. The number of thiazole rings is 1. The summed E-state index contributed by atoms with van der Waals surface area (Å²) in [7, 11) is 0. The number of amides is 5. The van der Waals surface area contributed by atoms with Gasteiger partial charge in [-0.05, 0) is 42.9 Å². The number of rotatable bonds is 13. The van der Waals surface area contributed by atoms with E-state index in [2.05, 4.69) is 27.5 Å². The first-order valence-corrected chi connectivity index (χ1v) is 15.5. The first-order chi connectivity index (χ1) is 20.0. The van der Waals surface area contributed by atoms with Crippen molar-refractivity contribution in [3.05, 3.63) is 28.7 Å². The number of primary amides is 1. The Kier molecular flexibility index (Phi) is 10.9. The summed E-state index contributed by atoms with van der Waals surface area (Å²) < 4.78 is 0. The SMILES string of the molecule is C=C[C@@H]1C[C@@H](C(=O)NC(CC2CC2)C(=O)C(N)=O)N(C(=O)[C@@H](NC(=O)N[C@H](C(=O)c2ncc(C)s2)C(C)C)C(C)(C)C)C1. The standard InChI is InChI=1S/C30H44N6O6S/c1-8-17-12-20(26(40)33-19(11-18-9-10-18)22(37)25(31)39)36(14-17)28(41)24(30(5,6)7)35-29(42)34-21(15(2)3)23(38)27-32-13-16(4)43-27/h8,13,15,17-21,24H,1,9-12,14H2,2-7H3,(H2,31,39)(H,33,40)(H2,34,35,42)/t17-,19?,20+,21+,24-/m1/s1. The highest BCUT2D eigenvalue weighted by Crippen LogP contribution is 2.34.